The summed E-state index contributed by atoms with van der Waals surface area (Å²) in [5.41, 5.74) is 1.02. The molecule has 4 rings (SSSR count). The number of piperazine rings is 1. The van der Waals surface area contributed by atoms with Gasteiger partial charge in [0.05, 0.1) is 5.48 Å². The highest BCUT2D eigenvalue weighted by Crippen LogP contribution is 2.30. The Bertz CT molecular complexity index is 845. The fourth-order valence-electron chi connectivity index (χ4n) is 3.22. The Morgan fingerprint density at radius 3 is 2.86 bits per heavy atom. The first kappa shape index (κ1) is 7.79. The molecule has 2 saturated heterocycles. The van der Waals surface area contributed by atoms with Crippen molar-refractivity contribution in [2.45, 2.75) is 25.4 Å². The van der Waals surface area contributed by atoms with E-state index in [1.165, 1.54) is 18.2 Å². The average Bonchev–Trinajstić information content (AvgIpc) is 2.96. The number of nitrogens with zero attached hydrogens (tertiary/aromatic N) is 2. The summed E-state index contributed by atoms with van der Waals surface area (Å²) in [6.45, 7) is -9.62. The second kappa shape index (κ2) is 5.89. The van der Waals surface area contributed by atoms with Crippen LogP contribution in [0.5, 0.6) is 0 Å². The molecule has 0 spiro atoms. The van der Waals surface area contributed by atoms with Crippen LogP contribution >= 0.6 is 0 Å². The van der Waals surface area contributed by atoms with Crippen molar-refractivity contribution in [2.75, 3.05) is 44.0 Å². The number of anilines is 1. The van der Waals surface area contributed by atoms with Crippen LogP contribution in [-0.2, 0) is 6.54 Å². The van der Waals surface area contributed by atoms with Crippen molar-refractivity contribution >= 4 is 11.6 Å². The van der Waals surface area contributed by atoms with Crippen molar-refractivity contribution in [3.8, 4) is 0 Å². The number of carbonyl (C=O) groups excluding carboxylic acids is 1. The summed E-state index contributed by atoms with van der Waals surface area (Å²) in [7, 11) is 0. The maximum Gasteiger partial charge on any atom is 0.254 e. The van der Waals surface area contributed by atoms with E-state index in [9.17, 15) is 4.79 Å². The van der Waals surface area contributed by atoms with Crippen molar-refractivity contribution in [1.29, 1.82) is 0 Å². The Balaban J connectivity index is 1.73. The van der Waals surface area contributed by atoms with Gasteiger partial charge in [-0.1, -0.05) is 0 Å². The molecule has 0 bridgehead atoms. The Labute approximate surface area is 142 Å². The monoisotopic (exact) mass is 308 g/mol. The first-order chi connectivity index (χ1) is 13.8. The van der Waals surface area contributed by atoms with Crippen molar-refractivity contribution < 1.29 is 15.8 Å². The molecule has 1 atom stereocenters. The maximum atomic E-state index is 12.9. The molecule has 0 aliphatic carbocycles. The zero-order valence-corrected chi connectivity index (χ0v) is 12.1. The van der Waals surface area contributed by atoms with Crippen LogP contribution in [0.25, 0.3) is 0 Å². The normalized spacial score (nSPS) is 40.0. The van der Waals surface area contributed by atoms with Gasteiger partial charge in [0, 0.05) is 61.9 Å². The van der Waals surface area contributed by atoms with Gasteiger partial charge in [0.25, 0.3) is 5.91 Å². The first-order valence-electron chi connectivity index (χ1n) is 11.5. The molecule has 2 N–H and O–H groups in total. The molecule has 1 aromatic carbocycles. The fourth-order valence-corrected chi connectivity index (χ4v) is 3.22. The summed E-state index contributed by atoms with van der Waals surface area (Å²) in [6.07, 6.45) is 1.84. The first-order valence-corrected chi connectivity index (χ1v) is 7.54. The zero-order valence-electron chi connectivity index (χ0n) is 20.1. The molecule has 5 heteroatoms. The number of fused-ring (bicyclic) bond motifs is 1. The SMILES string of the molecule is [2H]C1([2H])NC([2H])([2H])C([2H])([2H])N(c2ccc3c(c2)CN(C2CCCNC2)C3=O)C1([2H])[2H]. The Morgan fingerprint density at radius 1 is 1.23 bits per heavy atom. The summed E-state index contributed by atoms with van der Waals surface area (Å²) in [5, 5.41) is 5.10. The lowest BCUT2D eigenvalue weighted by Gasteiger charge is -2.31. The molecule has 0 aromatic heterocycles. The van der Waals surface area contributed by atoms with E-state index in [0.29, 0.717) is 29.1 Å². The minimum absolute atomic E-state index is 0.0191. The van der Waals surface area contributed by atoms with Gasteiger partial charge in [-0.25, -0.2) is 0 Å². The maximum absolute atomic E-state index is 12.9. The van der Waals surface area contributed by atoms with Crippen LogP contribution in [0.1, 0.15) is 39.7 Å². The summed E-state index contributed by atoms with van der Waals surface area (Å²) in [4.78, 5) is 15.1. The Kier molecular flexibility index (Phi) is 2.09. The van der Waals surface area contributed by atoms with Crippen molar-refractivity contribution in [2.24, 2.45) is 0 Å². The predicted octanol–water partition coefficient (Wildman–Crippen LogP) is 0.804. The number of nitrogens with one attached hydrogen (secondary N) is 2. The van der Waals surface area contributed by atoms with E-state index in [1.807, 2.05) is 5.32 Å². The molecule has 1 unspecified atom stereocenters. The van der Waals surface area contributed by atoms with Gasteiger partial charge < -0.3 is 20.4 Å². The molecule has 3 heterocycles. The minimum Gasteiger partial charge on any atom is -0.369 e. The van der Waals surface area contributed by atoms with Crippen LogP contribution in [0, 0.1) is 0 Å². The third-order valence-electron chi connectivity index (χ3n) is 4.35. The predicted molar refractivity (Wildman–Crippen MR) is 87.3 cm³/mol. The second-order valence-electron chi connectivity index (χ2n) is 5.71. The van der Waals surface area contributed by atoms with Gasteiger partial charge in [0.15, 0.2) is 0 Å². The summed E-state index contributed by atoms with van der Waals surface area (Å²) in [5.74, 6) is -0.137. The summed E-state index contributed by atoms with van der Waals surface area (Å²) < 4.78 is 64.8. The molecule has 3 aliphatic heterocycles. The van der Waals surface area contributed by atoms with Crippen LogP contribution in [0.15, 0.2) is 18.2 Å². The smallest absolute Gasteiger partial charge is 0.254 e. The van der Waals surface area contributed by atoms with Gasteiger partial charge in [-0.05, 0) is 43.1 Å². The van der Waals surface area contributed by atoms with Crippen LogP contribution in [0.3, 0.4) is 0 Å². The number of carbonyl (C=O) groups is 1. The lowest BCUT2D eigenvalue weighted by atomic mass is 10.1. The molecule has 2 fully saturated rings. The standard InChI is InChI=1S/C17H24N4O/c22-17-16-4-3-14(20-8-6-18-7-9-20)10-13(16)12-21(17)15-2-1-5-19-11-15/h3-4,10,15,18-19H,1-2,5-9,11-12H2/i6D2,7D2,8D2,9D2. The van der Waals surface area contributed by atoms with E-state index >= 15 is 0 Å². The molecule has 5 nitrogen and oxygen atoms in total. The van der Waals surface area contributed by atoms with Crippen LogP contribution < -0.4 is 15.5 Å². The minimum atomic E-state index is -2.90. The van der Waals surface area contributed by atoms with Crippen molar-refractivity contribution in [3.05, 3.63) is 29.3 Å². The van der Waals surface area contributed by atoms with Crippen LogP contribution in [0.4, 0.5) is 5.69 Å². The zero-order chi connectivity index (χ0) is 22.1. The molecule has 22 heavy (non-hydrogen) atoms. The number of hydrogen-bond acceptors (Lipinski definition) is 4. The fraction of sp³-hybridized carbons (Fsp3) is 0.588. The molecule has 1 amide bonds. The van der Waals surface area contributed by atoms with E-state index in [-0.39, 0.29) is 17.6 Å². The second-order valence-corrected chi connectivity index (χ2v) is 5.71. The van der Waals surface area contributed by atoms with Gasteiger partial charge in [-0.15, -0.1) is 0 Å². The van der Waals surface area contributed by atoms with E-state index in [2.05, 4.69) is 5.32 Å². The topological polar surface area (TPSA) is 47.6 Å². The quantitative estimate of drug-likeness (QED) is 0.849. The van der Waals surface area contributed by atoms with E-state index < -0.39 is 26.0 Å². The van der Waals surface area contributed by atoms with Gasteiger partial charge in [-0.3, -0.25) is 4.79 Å². The number of rotatable bonds is 2. The largest absolute Gasteiger partial charge is 0.369 e. The van der Waals surface area contributed by atoms with Gasteiger partial charge in [0.2, 0.25) is 0 Å². The highest BCUT2D eigenvalue weighted by atomic mass is 16.2. The number of hydrogen-bond donors (Lipinski definition) is 2. The number of piperidine rings is 1. The van der Waals surface area contributed by atoms with Crippen LogP contribution in [0.2, 0.25) is 0 Å². The van der Waals surface area contributed by atoms with Gasteiger partial charge >= 0.3 is 0 Å². The lowest BCUT2D eigenvalue weighted by Crippen LogP contribution is -2.46. The summed E-state index contributed by atoms with van der Waals surface area (Å²) in [6, 6.07) is 4.36. The lowest BCUT2D eigenvalue weighted by molar-refractivity contribution is 0.0674. The van der Waals surface area contributed by atoms with Crippen molar-refractivity contribution in [1.82, 2.24) is 15.5 Å². The van der Waals surface area contributed by atoms with Gasteiger partial charge in [-0.2, -0.15) is 0 Å². The Hall–Kier alpha value is -1.59. The molecular weight excluding hydrogens is 276 g/mol. The number of amides is 1. The molecular formula is C17H24N4O. The molecule has 118 valence electrons. The Morgan fingerprint density at radius 2 is 2.09 bits per heavy atom. The van der Waals surface area contributed by atoms with E-state index in [1.54, 1.807) is 4.90 Å². The molecule has 1 aromatic rings. The highest BCUT2D eigenvalue weighted by Gasteiger charge is 2.33. The number of benzene rings is 1. The third-order valence-corrected chi connectivity index (χ3v) is 4.35. The molecule has 3 aliphatic rings. The highest BCUT2D eigenvalue weighted by molar-refractivity contribution is 5.99. The van der Waals surface area contributed by atoms with Gasteiger partial charge in [0.1, 0.15) is 0 Å². The van der Waals surface area contributed by atoms with E-state index in [0.717, 1.165) is 19.4 Å². The summed E-state index contributed by atoms with van der Waals surface area (Å²) >= 11 is 0. The average molecular weight is 308 g/mol. The third kappa shape index (κ3) is 2.48. The molecule has 0 saturated carbocycles. The van der Waals surface area contributed by atoms with Crippen molar-refractivity contribution in [3.63, 3.8) is 0 Å². The van der Waals surface area contributed by atoms with E-state index in [4.69, 9.17) is 11.0 Å². The molecule has 0 radical (unpaired) electrons. The van der Waals surface area contributed by atoms with Crippen LogP contribution in [-0.4, -0.2) is 55.9 Å².